The van der Waals surface area contributed by atoms with Crippen molar-refractivity contribution in [3.8, 4) is 0 Å². The van der Waals surface area contributed by atoms with Crippen LogP contribution in [0.25, 0.3) is 0 Å². The molecule has 2 amide bonds. The second kappa shape index (κ2) is 16.6. The molecule has 1 aromatic carbocycles. The molecule has 0 aromatic heterocycles. The van der Waals surface area contributed by atoms with E-state index in [4.69, 9.17) is 14.6 Å². The highest BCUT2D eigenvalue weighted by molar-refractivity contribution is 5.86. The average molecular weight is 461 g/mol. The first kappa shape index (κ1) is 28.1. The van der Waals surface area contributed by atoms with E-state index < -0.39 is 24.0 Å². The molecule has 1 rings (SSSR count). The number of carbonyl (C=O) groups is 3. The van der Waals surface area contributed by atoms with E-state index in [0.29, 0.717) is 19.4 Å². The molecule has 0 unspecified atom stereocenters. The number of nitrogens with one attached hydrogen (secondary N) is 2. The van der Waals surface area contributed by atoms with Gasteiger partial charge < -0.3 is 25.2 Å². The normalized spacial score (nSPS) is 13.3. The Balaban J connectivity index is 2.73. The SMILES string of the molecule is C=CCCC(=O)OC[C@H](COCc1ccccc1)NC(=O)[C@H](CC=C)CC(=O)N[C@@H](C)CO. The zero-order chi connectivity index (χ0) is 24.5. The Morgan fingerprint density at radius 2 is 1.82 bits per heavy atom. The third-order valence-corrected chi connectivity index (χ3v) is 4.71. The van der Waals surface area contributed by atoms with Gasteiger partial charge >= 0.3 is 5.97 Å². The van der Waals surface area contributed by atoms with Crippen LogP contribution in [0.5, 0.6) is 0 Å². The van der Waals surface area contributed by atoms with Crippen LogP contribution in [0.15, 0.2) is 55.6 Å². The molecule has 0 bridgehead atoms. The van der Waals surface area contributed by atoms with Crippen molar-refractivity contribution >= 4 is 17.8 Å². The number of aliphatic hydroxyl groups excluding tert-OH is 1. The topological polar surface area (TPSA) is 114 Å². The molecule has 0 heterocycles. The third kappa shape index (κ3) is 12.6. The molecule has 33 heavy (non-hydrogen) atoms. The molecule has 0 fully saturated rings. The number of hydrogen-bond donors (Lipinski definition) is 3. The number of hydrogen-bond acceptors (Lipinski definition) is 6. The van der Waals surface area contributed by atoms with E-state index in [1.807, 2.05) is 30.3 Å². The first-order valence-corrected chi connectivity index (χ1v) is 11.1. The summed E-state index contributed by atoms with van der Waals surface area (Å²) in [5.74, 6) is -1.75. The number of benzene rings is 1. The van der Waals surface area contributed by atoms with E-state index in [2.05, 4.69) is 23.8 Å². The predicted molar refractivity (Wildman–Crippen MR) is 126 cm³/mol. The van der Waals surface area contributed by atoms with Gasteiger partial charge in [-0.25, -0.2) is 0 Å². The maximum absolute atomic E-state index is 12.9. The van der Waals surface area contributed by atoms with E-state index in [0.717, 1.165) is 5.56 Å². The first-order valence-electron chi connectivity index (χ1n) is 11.1. The van der Waals surface area contributed by atoms with E-state index in [-0.39, 0.29) is 44.5 Å². The summed E-state index contributed by atoms with van der Waals surface area (Å²) >= 11 is 0. The highest BCUT2D eigenvalue weighted by Gasteiger charge is 2.24. The molecule has 0 aliphatic rings. The summed E-state index contributed by atoms with van der Waals surface area (Å²) in [6.45, 7) is 9.14. The second-order valence-electron chi connectivity index (χ2n) is 7.79. The van der Waals surface area contributed by atoms with Crippen molar-refractivity contribution in [1.29, 1.82) is 0 Å². The van der Waals surface area contributed by atoms with Gasteiger partial charge in [0.05, 0.1) is 31.8 Å². The summed E-state index contributed by atoms with van der Waals surface area (Å²) in [6.07, 6.45) is 4.15. The Kier molecular flexibility index (Phi) is 14.1. The lowest BCUT2D eigenvalue weighted by molar-refractivity contribution is -0.145. The molecule has 0 radical (unpaired) electrons. The van der Waals surface area contributed by atoms with Gasteiger partial charge in [0.15, 0.2) is 0 Å². The van der Waals surface area contributed by atoms with Crippen LogP contribution in [0.4, 0.5) is 0 Å². The Labute approximate surface area is 196 Å². The quantitative estimate of drug-likeness (QED) is 0.243. The highest BCUT2D eigenvalue weighted by Crippen LogP contribution is 2.11. The second-order valence-corrected chi connectivity index (χ2v) is 7.79. The van der Waals surface area contributed by atoms with Gasteiger partial charge in [0, 0.05) is 18.9 Å². The fourth-order valence-corrected chi connectivity index (χ4v) is 2.92. The number of amides is 2. The van der Waals surface area contributed by atoms with E-state index in [9.17, 15) is 14.4 Å². The van der Waals surface area contributed by atoms with Gasteiger partial charge in [-0.1, -0.05) is 42.5 Å². The molecule has 0 saturated carbocycles. The van der Waals surface area contributed by atoms with Crippen LogP contribution in [0.1, 0.15) is 38.2 Å². The van der Waals surface area contributed by atoms with Crippen LogP contribution >= 0.6 is 0 Å². The lowest BCUT2D eigenvalue weighted by Crippen LogP contribution is -2.46. The van der Waals surface area contributed by atoms with Crippen molar-refractivity contribution in [2.24, 2.45) is 5.92 Å². The fourth-order valence-electron chi connectivity index (χ4n) is 2.92. The minimum absolute atomic E-state index is 0.0505. The molecule has 0 aliphatic carbocycles. The van der Waals surface area contributed by atoms with Crippen LogP contribution in [-0.2, 0) is 30.5 Å². The largest absolute Gasteiger partial charge is 0.463 e. The molecule has 0 saturated heterocycles. The Morgan fingerprint density at radius 3 is 2.45 bits per heavy atom. The van der Waals surface area contributed by atoms with Gasteiger partial charge in [-0.2, -0.15) is 0 Å². The van der Waals surface area contributed by atoms with E-state index >= 15 is 0 Å². The van der Waals surface area contributed by atoms with Gasteiger partial charge in [-0.3, -0.25) is 14.4 Å². The highest BCUT2D eigenvalue weighted by atomic mass is 16.5. The molecule has 8 nitrogen and oxygen atoms in total. The van der Waals surface area contributed by atoms with Crippen LogP contribution < -0.4 is 10.6 Å². The monoisotopic (exact) mass is 460 g/mol. The Bertz CT molecular complexity index is 753. The zero-order valence-corrected chi connectivity index (χ0v) is 19.3. The van der Waals surface area contributed by atoms with Gasteiger partial charge in [0.1, 0.15) is 6.61 Å². The molecule has 182 valence electrons. The summed E-state index contributed by atoms with van der Waals surface area (Å²) in [5, 5.41) is 14.6. The number of ether oxygens (including phenoxy) is 2. The lowest BCUT2D eigenvalue weighted by atomic mass is 9.99. The van der Waals surface area contributed by atoms with Crippen molar-refractivity contribution < 1.29 is 29.0 Å². The molecular weight excluding hydrogens is 424 g/mol. The van der Waals surface area contributed by atoms with Crippen LogP contribution in [0.3, 0.4) is 0 Å². The summed E-state index contributed by atoms with van der Waals surface area (Å²) in [7, 11) is 0. The van der Waals surface area contributed by atoms with Gasteiger partial charge in [-0.15, -0.1) is 13.2 Å². The maximum Gasteiger partial charge on any atom is 0.306 e. The lowest BCUT2D eigenvalue weighted by Gasteiger charge is -2.22. The molecule has 0 spiro atoms. The Morgan fingerprint density at radius 1 is 1.09 bits per heavy atom. The van der Waals surface area contributed by atoms with Crippen molar-refractivity contribution in [3.05, 3.63) is 61.2 Å². The number of esters is 1. The number of carbonyl (C=O) groups excluding carboxylic acids is 3. The Hall–Kier alpha value is -2.97. The molecule has 1 aromatic rings. The summed E-state index contributed by atoms with van der Waals surface area (Å²) in [6, 6.07) is 8.58. The van der Waals surface area contributed by atoms with Gasteiger partial charge in [0.25, 0.3) is 0 Å². The minimum atomic E-state index is -0.651. The average Bonchev–Trinajstić information content (AvgIpc) is 2.81. The minimum Gasteiger partial charge on any atom is -0.463 e. The number of aliphatic hydroxyl groups is 1. The van der Waals surface area contributed by atoms with E-state index in [1.165, 1.54) is 0 Å². The molecule has 3 atom stereocenters. The smallest absolute Gasteiger partial charge is 0.306 e. The number of allylic oxidation sites excluding steroid dienone is 2. The summed E-state index contributed by atoms with van der Waals surface area (Å²) < 4.78 is 11.0. The van der Waals surface area contributed by atoms with Crippen LogP contribution in [-0.4, -0.2) is 54.8 Å². The number of rotatable bonds is 17. The fraction of sp³-hybridized carbons (Fsp3) is 0.480. The van der Waals surface area contributed by atoms with Gasteiger partial charge in [-0.05, 0) is 25.3 Å². The summed E-state index contributed by atoms with van der Waals surface area (Å²) in [4.78, 5) is 37.0. The predicted octanol–water partition coefficient (Wildman–Crippen LogP) is 2.28. The van der Waals surface area contributed by atoms with Crippen LogP contribution in [0, 0.1) is 5.92 Å². The van der Waals surface area contributed by atoms with Gasteiger partial charge in [0.2, 0.25) is 11.8 Å². The maximum atomic E-state index is 12.9. The van der Waals surface area contributed by atoms with Crippen molar-refractivity contribution in [1.82, 2.24) is 10.6 Å². The van der Waals surface area contributed by atoms with Crippen LogP contribution in [0.2, 0.25) is 0 Å². The van der Waals surface area contributed by atoms with Crippen molar-refractivity contribution in [2.45, 2.75) is 51.3 Å². The zero-order valence-electron chi connectivity index (χ0n) is 19.3. The summed E-state index contributed by atoms with van der Waals surface area (Å²) in [5.41, 5.74) is 0.977. The molecule has 3 N–H and O–H groups in total. The van der Waals surface area contributed by atoms with Crippen molar-refractivity contribution in [2.75, 3.05) is 19.8 Å². The molecule has 0 aliphatic heterocycles. The first-order chi connectivity index (χ1) is 15.9. The standard InChI is InChI=1S/C25H36N2O6/c1-4-6-13-24(30)33-18-22(17-32-16-20-11-8-7-9-12-20)27-25(31)21(10-5-2)14-23(29)26-19(3)15-28/h4-5,7-9,11-12,19,21-22,28H,1-2,6,10,13-18H2,3H3,(H,26,29)(H,27,31)/t19-,21+,22-/m0/s1. The molecule has 8 heteroatoms. The molecular formula is C25H36N2O6. The van der Waals surface area contributed by atoms with Crippen molar-refractivity contribution in [3.63, 3.8) is 0 Å². The van der Waals surface area contributed by atoms with E-state index in [1.54, 1.807) is 19.1 Å². The third-order valence-electron chi connectivity index (χ3n) is 4.71.